The van der Waals surface area contributed by atoms with Gasteiger partial charge in [0.2, 0.25) is 0 Å². The SMILES string of the molecule is COCCCOc1ccccc1NC(=O)[C@@H](C)O[C@@H]1CN(C(=O)O)CCC1c1ccc(OCCCOCc2ccccc2OC)cc1. The summed E-state index contributed by atoms with van der Waals surface area (Å²) in [7, 11) is 3.28. The highest BCUT2D eigenvalue weighted by atomic mass is 16.5. The summed E-state index contributed by atoms with van der Waals surface area (Å²) in [6.07, 6.45) is -0.365. The summed E-state index contributed by atoms with van der Waals surface area (Å²) < 4.78 is 34.3. The second-order valence-electron chi connectivity index (χ2n) is 11.3. The van der Waals surface area contributed by atoms with Crippen LogP contribution in [0.25, 0.3) is 0 Å². The molecule has 4 rings (SSSR count). The van der Waals surface area contributed by atoms with Crippen LogP contribution in [-0.2, 0) is 25.6 Å². The minimum absolute atomic E-state index is 0.102. The highest BCUT2D eigenvalue weighted by molar-refractivity contribution is 5.95. The number of carboxylic acid groups (broad SMARTS) is 1. The van der Waals surface area contributed by atoms with Gasteiger partial charge >= 0.3 is 6.09 Å². The van der Waals surface area contributed by atoms with E-state index in [1.54, 1.807) is 33.3 Å². The second kappa shape index (κ2) is 18.7. The zero-order valence-corrected chi connectivity index (χ0v) is 27.4. The number of ether oxygens (including phenoxy) is 6. The summed E-state index contributed by atoms with van der Waals surface area (Å²) in [6, 6.07) is 22.8. The molecular weight excluding hydrogens is 604 g/mol. The topological polar surface area (TPSA) is 125 Å². The molecule has 0 spiro atoms. The smallest absolute Gasteiger partial charge is 0.407 e. The molecule has 0 aliphatic carbocycles. The number of likely N-dealkylation sites (tertiary alicyclic amines) is 1. The van der Waals surface area contributed by atoms with Crippen LogP contribution in [-0.4, -0.2) is 88.0 Å². The van der Waals surface area contributed by atoms with Crippen LogP contribution in [0.3, 0.4) is 0 Å². The van der Waals surface area contributed by atoms with Crippen molar-refractivity contribution in [3.63, 3.8) is 0 Å². The van der Waals surface area contributed by atoms with E-state index < -0.39 is 18.3 Å². The first-order valence-corrected chi connectivity index (χ1v) is 16.0. The monoisotopic (exact) mass is 650 g/mol. The summed E-state index contributed by atoms with van der Waals surface area (Å²) in [5, 5.41) is 12.6. The van der Waals surface area contributed by atoms with Crippen LogP contribution in [0.5, 0.6) is 17.2 Å². The van der Waals surface area contributed by atoms with Crippen molar-refractivity contribution < 1.29 is 43.1 Å². The van der Waals surface area contributed by atoms with Gasteiger partial charge in [0.15, 0.2) is 0 Å². The van der Waals surface area contributed by atoms with Gasteiger partial charge in [-0.15, -0.1) is 0 Å². The first-order chi connectivity index (χ1) is 22.9. The maximum absolute atomic E-state index is 13.2. The Balaban J connectivity index is 1.30. The van der Waals surface area contributed by atoms with Gasteiger partial charge in [0.25, 0.3) is 5.91 Å². The highest BCUT2D eigenvalue weighted by Gasteiger charge is 2.35. The third kappa shape index (κ3) is 10.9. The fourth-order valence-corrected chi connectivity index (χ4v) is 5.42. The number of nitrogens with one attached hydrogen (secondary N) is 1. The van der Waals surface area contributed by atoms with E-state index in [9.17, 15) is 14.7 Å². The quantitative estimate of drug-likeness (QED) is 0.160. The van der Waals surface area contributed by atoms with Crippen molar-refractivity contribution in [1.82, 2.24) is 4.90 Å². The number of nitrogens with zero attached hydrogens (tertiary/aromatic N) is 1. The molecule has 11 nitrogen and oxygen atoms in total. The van der Waals surface area contributed by atoms with Crippen molar-refractivity contribution in [3.8, 4) is 17.2 Å². The normalized spacial score (nSPS) is 16.7. The molecule has 0 radical (unpaired) electrons. The molecular formula is C36H46N2O9. The van der Waals surface area contributed by atoms with Crippen LogP contribution in [0.1, 0.15) is 43.2 Å². The van der Waals surface area contributed by atoms with Crippen LogP contribution in [0.15, 0.2) is 72.8 Å². The molecule has 254 valence electrons. The first kappa shape index (κ1) is 35.5. The van der Waals surface area contributed by atoms with Crippen LogP contribution < -0.4 is 19.5 Å². The van der Waals surface area contributed by atoms with E-state index in [1.165, 1.54) is 4.90 Å². The average Bonchev–Trinajstić information content (AvgIpc) is 3.09. The number of anilines is 1. The molecule has 2 amide bonds. The van der Waals surface area contributed by atoms with Crippen molar-refractivity contribution in [2.45, 2.75) is 50.9 Å². The van der Waals surface area contributed by atoms with E-state index in [2.05, 4.69) is 5.32 Å². The molecule has 2 N–H and O–H groups in total. The summed E-state index contributed by atoms with van der Waals surface area (Å²) in [5.41, 5.74) is 2.54. The second-order valence-corrected chi connectivity index (χ2v) is 11.3. The lowest BCUT2D eigenvalue weighted by molar-refractivity contribution is -0.132. The standard InChI is InChI=1S/C36H46N2O9/c1-26(35(39)37-31-11-5-7-13-33(31)46-23-8-20-42-2)47-34-24-38(36(40)41)19-18-30(34)27-14-16-29(17-15-27)45-22-9-21-44-25-28-10-4-6-12-32(28)43-3/h4-7,10-17,26,30,34H,8-9,18-25H2,1-3H3,(H,37,39)(H,40,41)/t26-,30?,34-/m1/s1. The Labute approximate surface area is 276 Å². The number of carbonyl (C=O) groups excluding carboxylic acids is 1. The van der Waals surface area contributed by atoms with Gasteiger partial charge in [-0.25, -0.2) is 4.79 Å². The maximum atomic E-state index is 13.2. The molecule has 1 heterocycles. The van der Waals surface area contributed by atoms with Gasteiger partial charge in [-0.1, -0.05) is 42.5 Å². The van der Waals surface area contributed by atoms with Crippen molar-refractivity contribution in [3.05, 3.63) is 83.9 Å². The maximum Gasteiger partial charge on any atom is 0.407 e. The average molecular weight is 651 g/mol. The van der Waals surface area contributed by atoms with Gasteiger partial charge in [0, 0.05) is 44.6 Å². The third-order valence-electron chi connectivity index (χ3n) is 7.93. The lowest BCUT2D eigenvalue weighted by Gasteiger charge is -2.38. The molecule has 0 bridgehead atoms. The number of hydrogen-bond donors (Lipinski definition) is 2. The minimum atomic E-state index is -1.01. The van der Waals surface area contributed by atoms with E-state index >= 15 is 0 Å². The molecule has 1 saturated heterocycles. The molecule has 0 aromatic heterocycles. The van der Waals surface area contributed by atoms with Gasteiger partial charge in [-0.2, -0.15) is 0 Å². The number of amides is 2. The molecule has 3 atom stereocenters. The third-order valence-corrected chi connectivity index (χ3v) is 7.93. The number of piperidine rings is 1. The zero-order chi connectivity index (χ0) is 33.4. The molecule has 1 aliphatic rings. The number of carbonyl (C=O) groups is 2. The van der Waals surface area contributed by atoms with Crippen molar-refractivity contribution in [2.24, 2.45) is 0 Å². The molecule has 11 heteroatoms. The Morgan fingerprint density at radius 3 is 2.34 bits per heavy atom. The van der Waals surface area contributed by atoms with Crippen molar-refractivity contribution in [1.29, 1.82) is 0 Å². The summed E-state index contributed by atoms with van der Waals surface area (Å²) in [5.74, 6) is 1.65. The van der Waals surface area contributed by atoms with E-state index in [0.717, 1.165) is 35.5 Å². The van der Waals surface area contributed by atoms with Gasteiger partial charge < -0.3 is 43.7 Å². The largest absolute Gasteiger partial charge is 0.496 e. The summed E-state index contributed by atoms with van der Waals surface area (Å²) in [4.78, 5) is 26.4. The summed E-state index contributed by atoms with van der Waals surface area (Å²) >= 11 is 0. The number of benzene rings is 3. The highest BCUT2D eigenvalue weighted by Crippen LogP contribution is 2.33. The van der Waals surface area contributed by atoms with Crippen LogP contribution in [0.2, 0.25) is 0 Å². The Kier molecular flexibility index (Phi) is 14.2. The Morgan fingerprint density at radius 1 is 0.894 bits per heavy atom. The number of para-hydroxylation sites is 3. The zero-order valence-electron chi connectivity index (χ0n) is 27.4. The van der Waals surface area contributed by atoms with Gasteiger partial charge in [-0.3, -0.25) is 4.79 Å². The van der Waals surface area contributed by atoms with Crippen molar-refractivity contribution >= 4 is 17.7 Å². The Morgan fingerprint density at radius 2 is 1.60 bits per heavy atom. The molecule has 0 saturated carbocycles. The summed E-state index contributed by atoms with van der Waals surface area (Å²) in [6.45, 7) is 4.76. The van der Waals surface area contributed by atoms with Crippen LogP contribution >= 0.6 is 0 Å². The van der Waals surface area contributed by atoms with Crippen LogP contribution in [0, 0.1) is 0 Å². The predicted octanol–water partition coefficient (Wildman–Crippen LogP) is 5.98. The number of hydrogen-bond acceptors (Lipinski definition) is 8. The van der Waals surface area contributed by atoms with E-state index in [4.69, 9.17) is 28.4 Å². The lowest BCUT2D eigenvalue weighted by Crippen LogP contribution is -2.48. The fourth-order valence-electron chi connectivity index (χ4n) is 5.42. The molecule has 1 fully saturated rings. The molecule has 3 aromatic rings. The minimum Gasteiger partial charge on any atom is -0.496 e. The molecule has 1 unspecified atom stereocenters. The molecule has 3 aromatic carbocycles. The Hall–Kier alpha value is -4.32. The van der Waals surface area contributed by atoms with E-state index in [-0.39, 0.29) is 18.4 Å². The van der Waals surface area contributed by atoms with Crippen molar-refractivity contribution in [2.75, 3.05) is 59.1 Å². The first-order valence-electron chi connectivity index (χ1n) is 16.0. The van der Waals surface area contributed by atoms with Gasteiger partial charge in [0.05, 0.1) is 51.9 Å². The van der Waals surface area contributed by atoms with Gasteiger partial charge in [-0.05, 0) is 49.2 Å². The number of rotatable bonds is 18. The molecule has 47 heavy (non-hydrogen) atoms. The predicted molar refractivity (Wildman–Crippen MR) is 178 cm³/mol. The molecule has 1 aliphatic heterocycles. The van der Waals surface area contributed by atoms with Gasteiger partial charge in [0.1, 0.15) is 23.4 Å². The van der Waals surface area contributed by atoms with Crippen LogP contribution in [0.4, 0.5) is 10.5 Å². The van der Waals surface area contributed by atoms with E-state index in [0.29, 0.717) is 57.4 Å². The lowest BCUT2D eigenvalue weighted by atomic mass is 9.87. The Bertz CT molecular complexity index is 1400. The number of methoxy groups -OCH3 is 2. The fraction of sp³-hybridized carbons (Fsp3) is 0.444. The van der Waals surface area contributed by atoms with E-state index in [1.807, 2.05) is 60.7 Å².